The molecule has 0 saturated carbocycles. The number of rotatable bonds is 4. The molecule has 0 amide bonds. The minimum Gasteiger partial charge on any atom is -0.478 e. The smallest absolute Gasteiger partial charge is 0.337 e. The van der Waals surface area contributed by atoms with E-state index in [1.54, 1.807) is 6.07 Å². The number of carbonyl (C=O) groups is 1. The number of hydrogen-bond acceptors (Lipinski definition) is 1. The van der Waals surface area contributed by atoms with Gasteiger partial charge in [0.25, 0.3) is 0 Å². The Balaban J connectivity index is 2.87. The van der Waals surface area contributed by atoms with Gasteiger partial charge in [0.1, 0.15) is 0 Å². The minimum absolute atomic E-state index is 0.422. The fourth-order valence-electron chi connectivity index (χ4n) is 2.47. The van der Waals surface area contributed by atoms with Crippen LogP contribution < -0.4 is 0 Å². The summed E-state index contributed by atoms with van der Waals surface area (Å²) in [5.74, 6) is -0.842. The van der Waals surface area contributed by atoms with Gasteiger partial charge in [0.05, 0.1) is 11.1 Å². The number of fused-ring (bicyclic) bond motifs is 1. The van der Waals surface area contributed by atoms with E-state index in [9.17, 15) is 9.90 Å². The minimum atomic E-state index is -0.842. The van der Waals surface area contributed by atoms with Crippen molar-refractivity contribution in [1.82, 2.24) is 4.57 Å². The van der Waals surface area contributed by atoms with Crippen molar-refractivity contribution >= 4 is 16.9 Å². The molecule has 0 fully saturated rings. The van der Waals surface area contributed by atoms with Crippen molar-refractivity contribution in [3.05, 3.63) is 35.0 Å². The monoisotopic (exact) mass is 245 g/mol. The van der Waals surface area contributed by atoms with Gasteiger partial charge >= 0.3 is 5.97 Å². The van der Waals surface area contributed by atoms with Gasteiger partial charge in [-0.05, 0) is 43.0 Å². The van der Waals surface area contributed by atoms with Crippen LogP contribution in [0.4, 0.5) is 0 Å². The van der Waals surface area contributed by atoms with Crippen molar-refractivity contribution in [3.63, 3.8) is 0 Å². The molecule has 0 saturated heterocycles. The molecule has 1 N–H and O–H groups in total. The lowest BCUT2D eigenvalue weighted by Crippen LogP contribution is -2.03. The second-order valence-electron chi connectivity index (χ2n) is 4.49. The van der Waals surface area contributed by atoms with Gasteiger partial charge in [0, 0.05) is 18.1 Å². The van der Waals surface area contributed by atoms with Gasteiger partial charge in [0.15, 0.2) is 0 Å². The lowest BCUT2D eigenvalue weighted by atomic mass is 10.0. The first-order valence-corrected chi connectivity index (χ1v) is 6.50. The van der Waals surface area contributed by atoms with Crippen LogP contribution in [-0.2, 0) is 19.4 Å². The van der Waals surface area contributed by atoms with Crippen LogP contribution in [-0.4, -0.2) is 15.6 Å². The van der Waals surface area contributed by atoms with E-state index in [-0.39, 0.29) is 0 Å². The number of benzene rings is 1. The Morgan fingerprint density at radius 2 is 1.94 bits per heavy atom. The maximum atomic E-state index is 11.4. The van der Waals surface area contributed by atoms with Crippen molar-refractivity contribution in [3.8, 4) is 0 Å². The second kappa shape index (κ2) is 4.84. The molecule has 0 unspecified atom stereocenters. The van der Waals surface area contributed by atoms with Crippen LogP contribution in [0.2, 0.25) is 0 Å². The van der Waals surface area contributed by atoms with Crippen molar-refractivity contribution < 1.29 is 9.90 Å². The van der Waals surface area contributed by atoms with Gasteiger partial charge in [-0.1, -0.05) is 13.8 Å². The zero-order valence-electron chi connectivity index (χ0n) is 11.2. The zero-order valence-corrected chi connectivity index (χ0v) is 11.2. The number of aryl methyl sites for hydroxylation is 3. The second-order valence-corrected chi connectivity index (χ2v) is 4.49. The van der Waals surface area contributed by atoms with Crippen LogP contribution in [0.15, 0.2) is 18.3 Å². The lowest BCUT2D eigenvalue weighted by Gasteiger charge is -2.07. The summed E-state index contributed by atoms with van der Waals surface area (Å²) in [7, 11) is 0. The number of carboxylic acids is 1. The van der Waals surface area contributed by atoms with Crippen LogP contribution in [0.1, 0.15) is 42.3 Å². The Bertz CT molecular complexity index is 596. The van der Waals surface area contributed by atoms with Gasteiger partial charge in [-0.25, -0.2) is 4.79 Å². The molecule has 2 aromatic rings. The predicted molar refractivity (Wildman–Crippen MR) is 73.3 cm³/mol. The van der Waals surface area contributed by atoms with E-state index in [0.717, 1.165) is 35.9 Å². The molecule has 2 rings (SSSR count). The number of hydrogen-bond donors (Lipinski definition) is 1. The van der Waals surface area contributed by atoms with Crippen LogP contribution in [0.3, 0.4) is 0 Å². The Labute approximate surface area is 107 Å². The van der Waals surface area contributed by atoms with Crippen molar-refractivity contribution in [2.24, 2.45) is 0 Å². The molecule has 18 heavy (non-hydrogen) atoms. The molecule has 3 heteroatoms. The van der Waals surface area contributed by atoms with Crippen molar-refractivity contribution in [1.29, 1.82) is 0 Å². The maximum Gasteiger partial charge on any atom is 0.337 e. The molecule has 0 spiro atoms. The first kappa shape index (κ1) is 12.7. The average Bonchev–Trinajstić information content (AvgIpc) is 2.75. The van der Waals surface area contributed by atoms with Crippen LogP contribution >= 0.6 is 0 Å². The summed E-state index contributed by atoms with van der Waals surface area (Å²) >= 11 is 0. The van der Waals surface area contributed by atoms with Crippen molar-refractivity contribution in [2.45, 2.75) is 40.2 Å². The number of nitrogens with zero attached hydrogens (tertiary/aromatic N) is 1. The molecule has 0 bridgehead atoms. The standard InChI is InChI=1S/C15H19NO2/c1-4-10-7-12-11(5-2)9-16(6-3)14(12)13(8-10)15(17)18/h7-9H,4-6H2,1-3H3,(H,17,18). The number of aromatic carboxylic acids is 1. The van der Waals surface area contributed by atoms with E-state index in [1.165, 1.54) is 5.56 Å². The maximum absolute atomic E-state index is 11.4. The summed E-state index contributed by atoms with van der Waals surface area (Å²) in [6.07, 6.45) is 3.86. The van der Waals surface area contributed by atoms with E-state index < -0.39 is 5.97 Å². The summed E-state index contributed by atoms with van der Waals surface area (Å²) in [6.45, 7) is 6.99. The van der Waals surface area contributed by atoms with Gasteiger partial charge in [0.2, 0.25) is 0 Å². The van der Waals surface area contributed by atoms with Crippen LogP contribution in [0.5, 0.6) is 0 Å². The van der Waals surface area contributed by atoms with E-state index in [0.29, 0.717) is 5.56 Å². The SMILES string of the molecule is CCc1cc(C(=O)O)c2c(c1)c(CC)cn2CC. The van der Waals surface area contributed by atoms with E-state index in [4.69, 9.17) is 0 Å². The molecule has 0 aliphatic rings. The zero-order chi connectivity index (χ0) is 13.3. The summed E-state index contributed by atoms with van der Waals surface area (Å²) in [4.78, 5) is 11.4. The number of aromatic nitrogens is 1. The predicted octanol–water partition coefficient (Wildman–Crippen LogP) is 3.48. The Morgan fingerprint density at radius 3 is 2.44 bits per heavy atom. The van der Waals surface area contributed by atoms with E-state index >= 15 is 0 Å². The molecule has 3 nitrogen and oxygen atoms in total. The third kappa shape index (κ3) is 1.90. The summed E-state index contributed by atoms with van der Waals surface area (Å²) in [5, 5.41) is 10.5. The van der Waals surface area contributed by atoms with Crippen LogP contribution in [0.25, 0.3) is 10.9 Å². The Hall–Kier alpha value is -1.77. The molecule has 1 aromatic heterocycles. The highest BCUT2D eigenvalue weighted by molar-refractivity contribution is 6.03. The molecule has 0 radical (unpaired) electrons. The molecule has 1 aromatic carbocycles. The fourth-order valence-corrected chi connectivity index (χ4v) is 2.47. The topological polar surface area (TPSA) is 42.2 Å². The highest BCUT2D eigenvalue weighted by atomic mass is 16.4. The summed E-state index contributed by atoms with van der Waals surface area (Å²) in [5.41, 5.74) is 3.60. The quantitative estimate of drug-likeness (QED) is 0.896. The van der Waals surface area contributed by atoms with Crippen LogP contribution in [0, 0.1) is 0 Å². The highest BCUT2D eigenvalue weighted by Crippen LogP contribution is 2.27. The van der Waals surface area contributed by atoms with E-state index in [1.807, 2.05) is 11.5 Å². The average molecular weight is 245 g/mol. The number of carboxylic acid groups (broad SMARTS) is 1. The highest BCUT2D eigenvalue weighted by Gasteiger charge is 2.16. The summed E-state index contributed by atoms with van der Waals surface area (Å²) in [6, 6.07) is 3.93. The molecule has 96 valence electrons. The molecule has 1 heterocycles. The molecular formula is C15H19NO2. The van der Waals surface area contributed by atoms with Crippen molar-refractivity contribution in [2.75, 3.05) is 0 Å². The molecular weight excluding hydrogens is 226 g/mol. The normalized spacial score (nSPS) is 11.1. The van der Waals surface area contributed by atoms with Gasteiger partial charge in [-0.3, -0.25) is 0 Å². The largest absolute Gasteiger partial charge is 0.478 e. The third-order valence-corrected chi connectivity index (χ3v) is 3.47. The summed E-state index contributed by atoms with van der Waals surface area (Å²) < 4.78 is 2.04. The molecule has 0 aliphatic heterocycles. The van der Waals surface area contributed by atoms with Gasteiger partial charge < -0.3 is 9.67 Å². The third-order valence-electron chi connectivity index (χ3n) is 3.47. The fraction of sp³-hybridized carbons (Fsp3) is 0.400. The lowest BCUT2D eigenvalue weighted by molar-refractivity contribution is 0.0698. The molecule has 0 aliphatic carbocycles. The van der Waals surface area contributed by atoms with Gasteiger partial charge in [-0.2, -0.15) is 0 Å². The first-order chi connectivity index (χ1) is 8.62. The molecule has 0 atom stereocenters. The Morgan fingerprint density at radius 1 is 1.22 bits per heavy atom. The Kier molecular flexibility index (Phi) is 3.41. The van der Waals surface area contributed by atoms with Gasteiger partial charge in [-0.15, -0.1) is 0 Å². The first-order valence-electron chi connectivity index (χ1n) is 6.50. The van der Waals surface area contributed by atoms with E-state index in [2.05, 4.69) is 26.1 Å².